The van der Waals surface area contributed by atoms with Gasteiger partial charge in [0.2, 0.25) is 11.8 Å². The number of carbonyl (C=O) groups excluding carboxylic acids is 2. The average molecular weight is 408 g/mol. The van der Waals surface area contributed by atoms with Crippen LogP contribution in [0, 0.1) is 0 Å². The molecule has 148 valence electrons. The molecule has 8 nitrogen and oxygen atoms in total. The van der Waals surface area contributed by atoms with Crippen molar-refractivity contribution >= 4 is 35.0 Å². The summed E-state index contributed by atoms with van der Waals surface area (Å²) in [5, 5.41) is 11.6. The third kappa shape index (κ3) is 3.73. The topological polar surface area (TPSA) is 93.0 Å². The summed E-state index contributed by atoms with van der Waals surface area (Å²) in [5.74, 6) is 0.388. The number of aromatic nitrogens is 4. The number of thioether (sulfide) groups is 1. The average Bonchev–Trinajstić information content (AvgIpc) is 3.15. The van der Waals surface area contributed by atoms with Crippen LogP contribution < -0.4 is 10.2 Å². The Morgan fingerprint density at radius 1 is 1.21 bits per heavy atom. The van der Waals surface area contributed by atoms with Gasteiger partial charge in [-0.15, -0.1) is 10.2 Å². The molecule has 0 radical (unpaired) electrons. The minimum atomic E-state index is -0.436. The Labute approximate surface area is 172 Å². The lowest BCUT2D eigenvalue weighted by Crippen LogP contribution is -2.45. The molecular weight excluding hydrogens is 388 g/mol. The number of pyridine rings is 1. The van der Waals surface area contributed by atoms with E-state index >= 15 is 0 Å². The van der Waals surface area contributed by atoms with Gasteiger partial charge in [0.15, 0.2) is 11.0 Å². The number of carbonyl (C=O) groups is 2. The van der Waals surface area contributed by atoms with Crippen LogP contribution in [0.25, 0.3) is 11.4 Å². The first-order chi connectivity index (χ1) is 14.1. The molecule has 1 atom stereocenters. The Kier molecular flexibility index (Phi) is 5.30. The van der Waals surface area contributed by atoms with Crippen LogP contribution in [0.1, 0.15) is 13.8 Å². The molecule has 3 heterocycles. The number of fused-ring (bicyclic) bond motifs is 1. The van der Waals surface area contributed by atoms with Crippen LogP contribution in [0.3, 0.4) is 0 Å². The zero-order valence-corrected chi connectivity index (χ0v) is 16.9. The highest BCUT2D eigenvalue weighted by Gasteiger charge is 2.31. The van der Waals surface area contributed by atoms with Crippen molar-refractivity contribution < 1.29 is 9.59 Å². The van der Waals surface area contributed by atoms with E-state index < -0.39 is 5.25 Å². The maximum absolute atomic E-state index is 13.1. The zero-order chi connectivity index (χ0) is 20.4. The van der Waals surface area contributed by atoms with Gasteiger partial charge in [0.1, 0.15) is 6.54 Å². The van der Waals surface area contributed by atoms with Crippen molar-refractivity contribution in [2.24, 2.45) is 0 Å². The third-order valence-electron chi connectivity index (χ3n) is 4.64. The standard InChI is InChI=1S/C20H20N6O2S/c1-3-25-18(14-8-10-21-11-9-14)23-24-20(25)29-13(2)19(28)26-12-17(27)22-15-6-4-5-7-16(15)26/h4-11,13H,3,12H2,1-2H3,(H,22,27)/t13-/m0/s1. The van der Waals surface area contributed by atoms with Crippen molar-refractivity contribution in [1.29, 1.82) is 0 Å². The van der Waals surface area contributed by atoms with Gasteiger partial charge in [0.25, 0.3) is 0 Å². The third-order valence-corrected chi connectivity index (χ3v) is 5.71. The minimum Gasteiger partial charge on any atom is -0.323 e. The van der Waals surface area contributed by atoms with Crippen molar-refractivity contribution in [3.63, 3.8) is 0 Å². The zero-order valence-electron chi connectivity index (χ0n) is 16.1. The van der Waals surface area contributed by atoms with Gasteiger partial charge in [-0.3, -0.25) is 19.5 Å². The van der Waals surface area contributed by atoms with Gasteiger partial charge in [-0.2, -0.15) is 0 Å². The molecule has 1 aliphatic heterocycles. The van der Waals surface area contributed by atoms with E-state index in [1.54, 1.807) is 18.5 Å². The number of benzene rings is 1. The Bertz CT molecular complexity index is 1050. The lowest BCUT2D eigenvalue weighted by Gasteiger charge is -2.30. The molecule has 4 rings (SSSR count). The summed E-state index contributed by atoms with van der Waals surface area (Å²) in [6.07, 6.45) is 3.42. The SMILES string of the molecule is CCn1c(S[C@@H](C)C(=O)N2CC(=O)Nc3ccccc32)nnc1-c1ccncc1. The molecule has 1 N–H and O–H groups in total. The molecule has 3 aromatic rings. The monoisotopic (exact) mass is 408 g/mol. The normalized spacial score (nSPS) is 14.3. The van der Waals surface area contributed by atoms with Crippen LogP contribution in [0.4, 0.5) is 11.4 Å². The summed E-state index contributed by atoms with van der Waals surface area (Å²) in [7, 11) is 0. The maximum atomic E-state index is 13.1. The van der Waals surface area contributed by atoms with E-state index in [-0.39, 0.29) is 18.4 Å². The van der Waals surface area contributed by atoms with Gasteiger partial charge in [0.05, 0.1) is 16.6 Å². The van der Waals surface area contributed by atoms with Gasteiger partial charge in [-0.25, -0.2) is 0 Å². The van der Waals surface area contributed by atoms with Gasteiger partial charge < -0.3 is 9.88 Å². The highest BCUT2D eigenvalue weighted by molar-refractivity contribution is 8.00. The van der Waals surface area contributed by atoms with Crippen LogP contribution in [0.15, 0.2) is 53.9 Å². The number of anilines is 2. The van der Waals surface area contributed by atoms with Gasteiger partial charge in [-0.05, 0) is 38.1 Å². The number of hydrogen-bond acceptors (Lipinski definition) is 6. The fourth-order valence-electron chi connectivity index (χ4n) is 3.23. The summed E-state index contributed by atoms with van der Waals surface area (Å²) in [5.41, 5.74) is 2.27. The molecule has 0 saturated heterocycles. The highest BCUT2D eigenvalue weighted by Crippen LogP contribution is 2.32. The fraction of sp³-hybridized carbons (Fsp3) is 0.250. The van der Waals surface area contributed by atoms with E-state index in [0.29, 0.717) is 23.1 Å². The Balaban J connectivity index is 1.57. The van der Waals surface area contributed by atoms with Crippen LogP contribution in [-0.4, -0.2) is 43.4 Å². The Morgan fingerprint density at radius 3 is 2.72 bits per heavy atom. The summed E-state index contributed by atoms with van der Waals surface area (Å²) >= 11 is 1.34. The van der Waals surface area contributed by atoms with E-state index in [9.17, 15) is 9.59 Å². The first-order valence-electron chi connectivity index (χ1n) is 9.29. The summed E-state index contributed by atoms with van der Waals surface area (Å²) in [4.78, 5) is 30.8. The van der Waals surface area contributed by atoms with Crippen LogP contribution in [0.5, 0.6) is 0 Å². The lowest BCUT2D eigenvalue weighted by atomic mass is 10.2. The quantitative estimate of drug-likeness (QED) is 0.653. The second-order valence-corrected chi connectivity index (χ2v) is 7.84. The van der Waals surface area contributed by atoms with E-state index in [4.69, 9.17) is 0 Å². The van der Waals surface area contributed by atoms with Crippen molar-refractivity contribution in [3.05, 3.63) is 48.8 Å². The molecular formula is C20H20N6O2S. The van der Waals surface area contributed by atoms with E-state index in [1.165, 1.54) is 16.7 Å². The summed E-state index contributed by atoms with van der Waals surface area (Å²) < 4.78 is 1.97. The molecule has 0 fully saturated rings. The second kappa shape index (κ2) is 8.04. The molecule has 0 unspecified atom stereocenters. The number of para-hydroxylation sites is 2. The molecule has 0 spiro atoms. The molecule has 2 aromatic heterocycles. The highest BCUT2D eigenvalue weighted by atomic mass is 32.2. The lowest BCUT2D eigenvalue weighted by molar-refractivity contribution is -0.121. The number of amides is 2. The van der Waals surface area contributed by atoms with Crippen molar-refractivity contribution in [1.82, 2.24) is 19.7 Å². The predicted molar refractivity (Wildman–Crippen MR) is 112 cm³/mol. The largest absolute Gasteiger partial charge is 0.323 e. The van der Waals surface area contributed by atoms with E-state index in [1.807, 2.05) is 48.7 Å². The molecule has 0 bridgehead atoms. The number of nitrogens with one attached hydrogen (secondary N) is 1. The van der Waals surface area contributed by atoms with Crippen molar-refractivity contribution in [3.8, 4) is 11.4 Å². The molecule has 29 heavy (non-hydrogen) atoms. The van der Waals surface area contributed by atoms with Gasteiger partial charge >= 0.3 is 0 Å². The van der Waals surface area contributed by atoms with E-state index in [0.717, 1.165) is 11.4 Å². The first kappa shape index (κ1) is 19.1. The molecule has 1 aromatic carbocycles. The Morgan fingerprint density at radius 2 is 1.97 bits per heavy atom. The van der Waals surface area contributed by atoms with Gasteiger partial charge in [-0.1, -0.05) is 23.9 Å². The second-order valence-electron chi connectivity index (χ2n) is 6.54. The first-order valence-corrected chi connectivity index (χ1v) is 10.2. The Hall–Kier alpha value is -3.20. The van der Waals surface area contributed by atoms with Crippen LogP contribution in [0.2, 0.25) is 0 Å². The van der Waals surface area contributed by atoms with Crippen LogP contribution in [-0.2, 0) is 16.1 Å². The minimum absolute atomic E-state index is 0.00345. The summed E-state index contributed by atoms with van der Waals surface area (Å²) in [6, 6.07) is 11.1. The fourth-order valence-corrected chi connectivity index (χ4v) is 4.21. The van der Waals surface area contributed by atoms with E-state index in [2.05, 4.69) is 20.5 Å². The molecule has 2 amide bonds. The number of hydrogen-bond donors (Lipinski definition) is 1. The molecule has 9 heteroatoms. The number of nitrogens with zero attached hydrogens (tertiary/aromatic N) is 5. The van der Waals surface area contributed by atoms with Crippen molar-refractivity contribution in [2.45, 2.75) is 30.8 Å². The predicted octanol–water partition coefficient (Wildman–Crippen LogP) is 2.83. The molecule has 0 aliphatic carbocycles. The maximum Gasteiger partial charge on any atom is 0.244 e. The number of rotatable bonds is 5. The van der Waals surface area contributed by atoms with Gasteiger partial charge in [0, 0.05) is 24.5 Å². The van der Waals surface area contributed by atoms with Crippen molar-refractivity contribution in [2.75, 3.05) is 16.8 Å². The molecule has 0 saturated carbocycles. The van der Waals surface area contributed by atoms with Crippen LogP contribution >= 0.6 is 11.8 Å². The molecule has 1 aliphatic rings. The smallest absolute Gasteiger partial charge is 0.244 e. The summed E-state index contributed by atoms with van der Waals surface area (Å²) in [6.45, 7) is 4.51.